The minimum atomic E-state index is -3.51. The highest BCUT2D eigenvalue weighted by Gasteiger charge is 2.28. The Morgan fingerprint density at radius 3 is 2.20 bits per heavy atom. The van der Waals surface area contributed by atoms with E-state index in [1.807, 2.05) is 38.4 Å². The van der Waals surface area contributed by atoms with Crippen LogP contribution < -0.4 is 5.32 Å². The van der Waals surface area contributed by atoms with E-state index in [-0.39, 0.29) is 10.8 Å². The summed E-state index contributed by atoms with van der Waals surface area (Å²) in [5, 5.41) is 2.87. The molecule has 0 aliphatic carbocycles. The van der Waals surface area contributed by atoms with Crippen molar-refractivity contribution < 1.29 is 13.2 Å². The van der Waals surface area contributed by atoms with Crippen molar-refractivity contribution in [1.82, 2.24) is 9.21 Å². The zero-order chi connectivity index (χ0) is 21.7. The van der Waals surface area contributed by atoms with Crippen LogP contribution in [0.25, 0.3) is 0 Å². The molecule has 1 saturated heterocycles. The third-order valence-corrected chi connectivity index (χ3v) is 7.47. The van der Waals surface area contributed by atoms with E-state index in [1.54, 1.807) is 16.4 Å². The summed E-state index contributed by atoms with van der Waals surface area (Å²) < 4.78 is 27.2. The summed E-state index contributed by atoms with van der Waals surface area (Å²) >= 11 is 0. The van der Waals surface area contributed by atoms with E-state index in [0.29, 0.717) is 30.3 Å². The van der Waals surface area contributed by atoms with Crippen LogP contribution in [0, 0.1) is 5.92 Å². The largest absolute Gasteiger partial charge is 0.322 e. The number of sulfonamides is 1. The van der Waals surface area contributed by atoms with Gasteiger partial charge in [-0.2, -0.15) is 4.31 Å². The first kappa shape index (κ1) is 22.5. The fourth-order valence-electron chi connectivity index (χ4n) is 3.46. The number of nitrogens with one attached hydrogen (secondary N) is 1. The maximum atomic E-state index is 12.8. The third-order valence-electron chi connectivity index (χ3n) is 5.56. The van der Waals surface area contributed by atoms with Crippen LogP contribution in [0.3, 0.4) is 0 Å². The van der Waals surface area contributed by atoms with Crippen molar-refractivity contribution in [1.29, 1.82) is 0 Å². The van der Waals surface area contributed by atoms with Crippen LogP contribution in [0.15, 0.2) is 53.4 Å². The molecular formula is C23H31N3O3S. The molecule has 0 radical (unpaired) electrons. The fraction of sp³-hybridized carbons (Fsp3) is 0.435. The van der Waals surface area contributed by atoms with Crippen molar-refractivity contribution >= 4 is 21.6 Å². The summed E-state index contributed by atoms with van der Waals surface area (Å²) in [6.07, 6.45) is 2.72. The van der Waals surface area contributed by atoms with E-state index in [9.17, 15) is 13.2 Å². The van der Waals surface area contributed by atoms with Crippen LogP contribution in [0.4, 0.5) is 5.69 Å². The van der Waals surface area contributed by atoms with E-state index in [2.05, 4.69) is 17.1 Å². The summed E-state index contributed by atoms with van der Waals surface area (Å²) in [7, 11) is 0.574. The third kappa shape index (κ3) is 5.68. The SMILES string of the molecule is CC1CCN(S(=O)(=O)c2ccc(C(=O)Nc3ccc(CCN(C)C)cc3)cc2)CC1. The van der Waals surface area contributed by atoms with E-state index in [1.165, 1.54) is 17.7 Å². The predicted molar refractivity (Wildman–Crippen MR) is 120 cm³/mol. The number of piperidine rings is 1. The Hall–Kier alpha value is -2.22. The van der Waals surface area contributed by atoms with Gasteiger partial charge in [0.05, 0.1) is 4.90 Å². The van der Waals surface area contributed by atoms with E-state index < -0.39 is 10.0 Å². The normalized spacial score (nSPS) is 16.0. The van der Waals surface area contributed by atoms with Gasteiger partial charge >= 0.3 is 0 Å². The van der Waals surface area contributed by atoms with Gasteiger partial charge in [-0.1, -0.05) is 19.1 Å². The monoisotopic (exact) mass is 429 g/mol. The van der Waals surface area contributed by atoms with E-state index >= 15 is 0 Å². The fourth-order valence-corrected chi connectivity index (χ4v) is 4.93. The molecule has 30 heavy (non-hydrogen) atoms. The Balaban J connectivity index is 1.62. The highest BCUT2D eigenvalue weighted by atomic mass is 32.2. The van der Waals surface area contributed by atoms with Crippen LogP contribution in [-0.2, 0) is 16.4 Å². The van der Waals surface area contributed by atoms with E-state index in [4.69, 9.17) is 0 Å². The highest BCUT2D eigenvalue weighted by Crippen LogP contribution is 2.24. The number of likely N-dealkylation sites (N-methyl/N-ethyl adjacent to an activating group) is 1. The van der Waals surface area contributed by atoms with Crippen LogP contribution >= 0.6 is 0 Å². The highest BCUT2D eigenvalue weighted by molar-refractivity contribution is 7.89. The van der Waals surface area contributed by atoms with Gasteiger partial charge in [0.2, 0.25) is 10.0 Å². The summed E-state index contributed by atoms with van der Waals surface area (Å²) in [5.74, 6) is 0.302. The molecule has 0 aromatic heterocycles. The van der Waals surface area contributed by atoms with Crippen LogP contribution in [-0.4, -0.2) is 57.3 Å². The molecule has 0 saturated carbocycles. The lowest BCUT2D eigenvalue weighted by Gasteiger charge is -2.29. The number of anilines is 1. The minimum absolute atomic E-state index is 0.235. The van der Waals surface area contributed by atoms with E-state index in [0.717, 1.165) is 25.8 Å². The number of carbonyl (C=O) groups is 1. The summed E-state index contributed by atoms with van der Waals surface area (Å²) in [6.45, 7) is 4.22. The lowest BCUT2D eigenvalue weighted by atomic mass is 10.0. The molecule has 0 unspecified atom stereocenters. The van der Waals surface area contributed by atoms with Crippen molar-refractivity contribution in [3.8, 4) is 0 Å². The molecule has 2 aromatic rings. The first-order valence-electron chi connectivity index (χ1n) is 10.4. The Kier molecular flexibility index (Phi) is 7.28. The summed E-state index contributed by atoms with van der Waals surface area (Å²) in [4.78, 5) is 14.9. The number of hydrogen-bond donors (Lipinski definition) is 1. The number of nitrogens with zero attached hydrogens (tertiary/aromatic N) is 2. The smallest absolute Gasteiger partial charge is 0.255 e. The molecule has 2 aromatic carbocycles. The topological polar surface area (TPSA) is 69.7 Å². The summed E-state index contributed by atoms with van der Waals surface area (Å²) in [6, 6.07) is 14.0. The maximum Gasteiger partial charge on any atom is 0.255 e. The Morgan fingerprint density at radius 1 is 1.03 bits per heavy atom. The molecule has 0 atom stereocenters. The first-order valence-corrected chi connectivity index (χ1v) is 11.8. The van der Waals surface area contributed by atoms with Crippen LogP contribution in [0.5, 0.6) is 0 Å². The molecule has 1 aliphatic heterocycles. The molecule has 1 heterocycles. The molecule has 3 rings (SSSR count). The second kappa shape index (κ2) is 9.73. The quantitative estimate of drug-likeness (QED) is 0.732. The first-order chi connectivity index (χ1) is 14.3. The van der Waals surface area contributed by atoms with Gasteiger partial charge in [0, 0.05) is 30.9 Å². The minimum Gasteiger partial charge on any atom is -0.322 e. The Morgan fingerprint density at radius 2 is 1.63 bits per heavy atom. The molecular weight excluding hydrogens is 398 g/mol. The van der Waals surface area contributed by atoms with Crippen LogP contribution in [0.2, 0.25) is 0 Å². The standard InChI is InChI=1S/C23H31N3O3S/c1-18-12-16-26(17-13-18)30(28,29)22-10-6-20(7-11-22)23(27)24-21-8-4-19(5-9-21)14-15-25(2)3/h4-11,18H,12-17H2,1-3H3,(H,24,27). The second-order valence-corrected chi connectivity index (χ2v) is 10.3. The van der Waals surface area contributed by atoms with Gasteiger partial charge in [0.25, 0.3) is 5.91 Å². The Bertz CT molecular complexity index is 946. The van der Waals surface area contributed by atoms with Crippen LogP contribution in [0.1, 0.15) is 35.7 Å². The van der Waals surface area contributed by atoms with Gasteiger partial charge in [-0.05, 0) is 81.2 Å². The van der Waals surface area contributed by atoms with Gasteiger partial charge in [-0.3, -0.25) is 4.79 Å². The molecule has 7 heteroatoms. The summed E-state index contributed by atoms with van der Waals surface area (Å²) in [5.41, 5.74) is 2.36. The molecule has 1 N–H and O–H groups in total. The lowest BCUT2D eigenvalue weighted by Crippen LogP contribution is -2.37. The molecule has 1 aliphatic rings. The molecule has 1 amide bonds. The van der Waals surface area contributed by atoms with Gasteiger partial charge in [-0.25, -0.2) is 8.42 Å². The number of carbonyl (C=O) groups excluding carboxylic acids is 1. The van der Waals surface area contributed by atoms with Gasteiger partial charge in [0.1, 0.15) is 0 Å². The van der Waals surface area contributed by atoms with Gasteiger partial charge < -0.3 is 10.2 Å². The second-order valence-electron chi connectivity index (χ2n) is 8.32. The zero-order valence-corrected chi connectivity index (χ0v) is 18.8. The average Bonchev–Trinajstić information content (AvgIpc) is 2.73. The van der Waals surface area contributed by atoms with Crippen molar-refractivity contribution in [2.75, 3.05) is 39.0 Å². The number of rotatable bonds is 7. The van der Waals surface area contributed by atoms with Crippen molar-refractivity contribution in [2.24, 2.45) is 5.92 Å². The van der Waals surface area contributed by atoms with Crippen molar-refractivity contribution in [3.63, 3.8) is 0 Å². The van der Waals surface area contributed by atoms with Crippen molar-refractivity contribution in [2.45, 2.75) is 31.1 Å². The number of hydrogen-bond acceptors (Lipinski definition) is 4. The maximum absolute atomic E-state index is 12.8. The van der Waals surface area contributed by atoms with Gasteiger partial charge in [-0.15, -0.1) is 0 Å². The molecule has 162 valence electrons. The Labute approximate surface area is 179 Å². The zero-order valence-electron chi connectivity index (χ0n) is 18.0. The van der Waals surface area contributed by atoms with Gasteiger partial charge in [0.15, 0.2) is 0 Å². The lowest BCUT2D eigenvalue weighted by molar-refractivity contribution is 0.102. The number of amides is 1. The molecule has 1 fully saturated rings. The molecule has 0 bridgehead atoms. The number of benzene rings is 2. The van der Waals surface area contributed by atoms with Crippen molar-refractivity contribution in [3.05, 3.63) is 59.7 Å². The molecule has 6 nitrogen and oxygen atoms in total. The average molecular weight is 430 g/mol. The molecule has 0 spiro atoms. The predicted octanol–water partition coefficient (Wildman–Crippen LogP) is 3.46.